The highest BCUT2D eigenvalue weighted by atomic mass is 16.4. The normalized spacial score (nSPS) is 10.5. The van der Waals surface area contributed by atoms with Crippen molar-refractivity contribution in [3.05, 3.63) is 35.7 Å². The van der Waals surface area contributed by atoms with Crippen LogP contribution in [0.2, 0.25) is 0 Å². The van der Waals surface area contributed by atoms with Crippen molar-refractivity contribution < 1.29 is 15.0 Å². The summed E-state index contributed by atoms with van der Waals surface area (Å²) in [5, 5.41) is 17.2. The average Bonchev–Trinajstić information content (AvgIpc) is 2.15. The summed E-state index contributed by atoms with van der Waals surface area (Å²) in [5.74, 6) is -1.00. The molecule has 0 radical (unpaired) electrons. The zero-order valence-corrected chi connectivity index (χ0v) is 6.84. The van der Waals surface area contributed by atoms with E-state index in [1.165, 1.54) is 30.6 Å². The summed E-state index contributed by atoms with van der Waals surface area (Å²) in [7, 11) is 0. The quantitative estimate of drug-likeness (QED) is 0.719. The molecule has 1 rings (SSSR count). The van der Waals surface area contributed by atoms with Crippen LogP contribution in [0.5, 0.6) is 0 Å². The van der Waals surface area contributed by atoms with Crippen molar-refractivity contribution in [1.29, 1.82) is 0 Å². The first-order chi connectivity index (χ1) is 6.25. The first-order valence-electron chi connectivity index (χ1n) is 3.70. The number of pyridine rings is 1. The number of carbonyl (C=O) groups is 1. The lowest BCUT2D eigenvalue weighted by atomic mass is 10.1. The van der Waals surface area contributed by atoms with E-state index in [9.17, 15) is 4.79 Å². The summed E-state index contributed by atoms with van der Waals surface area (Å²) in [4.78, 5) is 14.4. The van der Waals surface area contributed by atoms with Crippen LogP contribution in [0.15, 0.2) is 24.5 Å². The second-order valence-electron chi connectivity index (χ2n) is 2.35. The molecule has 0 aliphatic heterocycles. The molecule has 1 heterocycles. The predicted octanol–water partition coefficient (Wildman–Crippen LogP) is 0.785. The molecule has 1 aromatic rings. The van der Waals surface area contributed by atoms with Gasteiger partial charge < -0.3 is 10.2 Å². The van der Waals surface area contributed by atoms with Crippen LogP contribution in [0.3, 0.4) is 0 Å². The molecule has 68 valence electrons. The van der Waals surface area contributed by atoms with Crippen LogP contribution in [-0.4, -0.2) is 27.8 Å². The van der Waals surface area contributed by atoms with Crippen molar-refractivity contribution >= 4 is 12.0 Å². The maximum Gasteiger partial charge on any atom is 0.336 e. The van der Waals surface area contributed by atoms with Gasteiger partial charge in [-0.1, -0.05) is 12.2 Å². The number of hydrogen-bond donors (Lipinski definition) is 2. The van der Waals surface area contributed by atoms with E-state index in [2.05, 4.69) is 4.98 Å². The van der Waals surface area contributed by atoms with E-state index in [0.717, 1.165) is 0 Å². The van der Waals surface area contributed by atoms with Gasteiger partial charge in [-0.3, -0.25) is 4.98 Å². The van der Waals surface area contributed by atoms with E-state index in [0.29, 0.717) is 5.56 Å². The van der Waals surface area contributed by atoms with Gasteiger partial charge in [0.15, 0.2) is 0 Å². The lowest BCUT2D eigenvalue weighted by Crippen LogP contribution is -1.99. The van der Waals surface area contributed by atoms with Gasteiger partial charge in [0.25, 0.3) is 0 Å². The van der Waals surface area contributed by atoms with Crippen molar-refractivity contribution in [2.75, 3.05) is 6.61 Å². The number of aliphatic hydroxyl groups excluding tert-OH is 1. The van der Waals surface area contributed by atoms with Crippen LogP contribution in [0, 0.1) is 0 Å². The molecule has 0 saturated heterocycles. The molecule has 0 aromatic carbocycles. The molecule has 0 fully saturated rings. The van der Waals surface area contributed by atoms with Crippen molar-refractivity contribution in [2.45, 2.75) is 0 Å². The Morgan fingerprint density at radius 3 is 3.00 bits per heavy atom. The Balaban J connectivity index is 3.05. The van der Waals surface area contributed by atoms with Gasteiger partial charge in [0.1, 0.15) is 0 Å². The highest BCUT2D eigenvalue weighted by Gasteiger charge is 2.05. The van der Waals surface area contributed by atoms with Gasteiger partial charge in [0.2, 0.25) is 0 Å². The zero-order valence-electron chi connectivity index (χ0n) is 6.84. The third kappa shape index (κ3) is 2.38. The number of aromatic carboxylic acids is 1. The lowest BCUT2D eigenvalue weighted by molar-refractivity contribution is 0.0696. The summed E-state index contributed by atoms with van der Waals surface area (Å²) >= 11 is 0. The zero-order chi connectivity index (χ0) is 9.68. The van der Waals surface area contributed by atoms with E-state index in [4.69, 9.17) is 10.2 Å². The van der Waals surface area contributed by atoms with Gasteiger partial charge in [-0.15, -0.1) is 0 Å². The van der Waals surface area contributed by atoms with Crippen LogP contribution in [0.25, 0.3) is 6.08 Å². The smallest absolute Gasteiger partial charge is 0.336 e. The summed E-state index contributed by atoms with van der Waals surface area (Å²) in [6.45, 7) is -0.117. The van der Waals surface area contributed by atoms with Gasteiger partial charge in [-0.05, 0) is 6.07 Å². The topological polar surface area (TPSA) is 70.4 Å². The average molecular weight is 179 g/mol. The van der Waals surface area contributed by atoms with E-state index in [1.807, 2.05) is 0 Å². The van der Waals surface area contributed by atoms with Gasteiger partial charge in [0, 0.05) is 18.0 Å². The molecule has 0 aliphatic carbocycles. The Morgan fingerprint density at radius 1 is 1.62 bits per heavy atom. The van der Waals surface area contributed by atoms with Crippen molar-refractivity contribution in [3.63, 3.8) is 0 Å². The fourth-order valence-corrected chi connectivity index (χ4v) is 0.914. The largest absolute Gasteiger partial charge is 0.478 e. The molecule has 4 nitrogen and oxygen atoms in total. The van der Waals surface area contributed by atoms with E-state index < -0.39 is 5.97 Å². The Bertz CT molecular complexity index is 333. The number of aliphatic hydroxyl groups is 1. The predicted molar refractivity (Wildman–Crippen MR) is 47.3 cm³/mol. The second-order valence-corrected chi connectivity index (χ2v) is 2.35. The molecule has 13 heavy (non-hydrogen) atoms. The maximum atomic E-state index is 10.7. The van der Waals surface area contributed by atoms with Crippen LogP contribution >= 0.6 is 0 Å². The fraction of sp³-hybridized carbons (Fsp3) is 0.111. The Hall–Kier alpha value is -1.68. The lowest BCUT2D eigenvalue weighted by Gasteiger charge is -1.98. The third-order valence-electron chi connectivity index (χ3n) is 1.49. The molecule has 2 N–H and O–H groups in total. The molecule has 0 aliphatic rings. The third-order valence-corrected chi connectivity index (χ3v) is 1.49. The standard InChI is InChI=1S/C9H9NO3/c11-5-1-2-7-6-10-4-3-8(7)9(12)13/h1-4,6,11H,5H2,(H,12,13). The maximum absolute atomic E-state index is 10.7. The number of aromatic nitrogens is 1. The summed E-state index contributed by atoms with van der Waals surface area (Å²) in [5.41, 5.74) is 0.670. The number of rotatable bonds is 3. The second kappa shape index (κ2) is 4.37. The van der Waals surface area contributed by atoms with Gasteiger partial charge in [0.05, 0.1) is 12.2 Å². The summed E-state index contributed by atoms with van der Waals surface area (Å²) in [6.07, 6.45) is 5.84. The van der Waals surface area contributed by atoms with Crippen LogP contribution in [-0.2, 0) is 0 Å². The van der Waals surface area contributed by atoms with Gasteiger partial charge in [-0.2, -0.15) is 0 Å². The minimum absolute atomic E-state index is 0.117. The molecular weight excluding hydrogens is 170 g/mol. The molecule has 0 bridgehead atoms. The summed E-state index contributed by atoms with van der Waals surface area (Å²) in [6, 6.07) is 1.42. The van der Waals surface area contributed by atoms with E-state index in [1.54, 1.807) is 0 Å². The molecule has 0 unspecified atom stereocenters. The molecule has 0 amide bonds. The van der Waals surface area contributed by atoms with Gasteiger partial charge in [-0.25, -0.2) is 4.79 Å². The van der Waals surface area contributed by atoms with Crippen molar-refractivity contribution in [2.24, 2.45) is 0 Å². The minimum Gasteiger partial charge on any atom is -0.478 e. The first-order valence-corrected chi connectivity index (χ1v) is 3.70. The Labute approximate surface area is 75.2 Å². The SMILES string of the molecule is O=C(O)c1ccncc1C=CCO. The van der Waals surface area contributed by atoms with Gasteiger partial charge >= 0.3 is 5.97 Å². The number of nitrogens with zero attached hydrogens (tertiary/aromatic N) is 1. The first kappa shape index (κ1) is 9.41. The number of carboxylic acids is 1. The minimum atomic E-state index is -1.00. The molecule has 0 saturated carbocycles. The summed E-state index contributed by atoms with van der Waals surface area (Å²) < 4.78 is 0. The monoisotopic (exact) mass is 179 g/mol. The van der Waals surface area contributed by atoms with E-state index >= 15 is 0 Å². The molecule has 0 atom stereocenters. The number of hydrogen-bond acceptors (Lipinski definition) is 3. The highest BCUT2D eigenvalue weighted by molar-refractivity contribution is 5.91. The van der Waals surface area contributed by atoms with Crippen LogP contribution in [0.4, 0.5) is 0 Å². The van der Waals surface area contributed by atoms with E-state index in [-0.39, 0.29) is 12.2 Å². The molecule has 4 heteroatoms. The Kier molecular flexibility index (Phi) is 3.16. The molecular formula is C9H9NO3. The van der Waals surface area contributed by atoms with Crippen molar-refractivity contribution in [3.8, 4) is 0 Å². The number of carboxylic acid groups (broad SMARTS) is 1. The van der Waals surface area contributed by atoms with Crippen LogP contribution in [0.1, 0.15) is 15.9 Å². The highest BCUT2D eigenvalue weighted by Crippen LogP contribution is 2.08. The van der Waals surface area contributed by atoms with Crippen molar-refractivity contribution in [1.82, 2.24) is 4.98 Å². The fourth-order valence-electron chi connectivity index (χ4n) is 0.914. The van der Waals surface area contributed by atoms with Crippen LogP contribution < -0.4 is 0 Å². The molecule has 1 aromatic heterocycles. The Morgan fingerprint density at radius 2 is 2.38 bits per heavy atom. The molecule has 0 spiro atoms.